The van der Waals surface area contributed by atoms with E-state index >= 15 is 0 Å². The zero-order valence-corrected chi connectivity index (χ0v) is 13.2. The fourth-order valence-electron chi connectivity index (χ4n) is 2.21. The summed E-state index contributed by atoms with van der Waals surface area (Å²) in [7, 11) is 0. The van der Waals surface area contributed by atoms with Crippen LogP contribution in [0.15, 0.2) is 48.5 Å². The Morgan fingerprint density at radius 2 is 1.38 bits per heavy atom. The van der Waals surface area contributed by atoms with Crippen LogP contribution in [0, 0.1) is 0 Å². The van der Waals surface area contributed by atoms with Gasteiger partial charge in [-0.2, -0.15) is 0 Å². The van der Waals surface area contributed by atoms with E-state index in [9.17, 15) is 4.79 Å². The van der Waals surface area contributed by atoms with Crippen LogP contribution in [0.1, 0.15) is 61.0 Å². The molecule has 0 saturated carbocycles. The zero-order valence-electron chi connectivity index (χ0n) is 13.2. The number of carbonyl (C=O) groups excluding carboxylic acids is 1. The first kappa shape index (κ1) is 15.3. The third-order valence-corrected chi connectivity index (χ3v) is 3.60. The van der Waals surface area contributed by atoms with Gasteiger partial charge in [0.05, 0.1) is 0 Å². The highest BCUT2D eigenvalue weighted by Gasteiger charge is 2.10. The topological polar surface area (TPSA) is 29.1 Å². The number of nitrogens with one attached hydrogen (secondary N) is 1. The molecule has 1 amide bonds. The lowest BCUT2D eigenvalue weighted by Gasteiger charge is -2.15. The Morgan fingerprint density at radius 3 is 1.86 bits per heavy atom. The first-order valence-electron chi connectivity index (χ1n) is 7.48. The monoisotopic (exact) mass is 281 g/mol. The minimum absolute atomic E-state index is 0.0637. The minimum Gasteiger partial charge on any atom is -0.322 e. The quantitative estimate of drug-likeness (QED) is 0.821. The summed E-state index contributed by atoms with van der Waals surface area (Å²) in [6.07, 6.45) is 0. The van der Waals surface area contributed by atoms with Crippen molar-refractivity contribution in [2.75, 3.05) is 5.32 Å². The van der Waals surface area contributed by atoms with Gasteiger partial charge in [-0.05, 0) is 47.2 Å². The standard InChI is InChI=1S/C19H23NO/c1-13(2)16-10-17(14(3)4)12-18(11-16)20-19(21)15-8-6-5-7-9-15/h5-14H,1-4H3,(H,20,21). The van der Waals surface area contributed by atoms with Gasteiger partial charge in [0, 0.05) is 11.3 Å². The molecule has 2 aromatic carbocycles. The molecule has 2 aromatic rings. The van der Waals surface area contributed by atoms with Gasteiger partial charge in [0.15, 0.2) is 0 Å². The van der Waals surface area contributed by atoms with Gasteiger partial charge in [0.25, 0.3) is 5.91 Å². The molecule has 0 aliphatic carbocycles. The fraction of sp³-hybridized carbons (Fsp3) is 0.316. The van der Waals surface area contributed by atoms with Gasteiger partial charge in [0.1, 0.15) is 0 Å². The Kier molecular flexibility index (Phi) is 4.79. The second-order valence-electron chi connectivity index (χ2n) is 6.02. The van der Waals surface area contributed by atoms with Crippen LogP contribution in [0.3, 0.4) is 0 Å². The van der Waals surface area contributed by atoms with Gasteiger partial charge in [-0.25, -0.2) is 0 Å². The van der Waals surface area contributed by atoms with Gasteiger partial charge in [-0.15, -0.1) is 0 Å². The van der Waals surface area contributed by atoms with Crippen LogP contribution in [0.5, 0.6) is 0 Å². The lowest BCUT2D eigenvalue weighted by Crippen LogP contribution is -2.12. The van der Waals surface area contributed by atoms with Crippen molar-refractivity contribution in [3.63, 3.8) is 0 Å². The van der Waals surface area contributed by atoms with Gasteiger partial charge in [-0.1, -0.05) is 52.0 Å². The maximum atomic E-state index is 12.3. The number of carbonyl (C=O) groups is 1. The summed E-state index contributed by atoms with van der Waals surface area (Å²) in [5, 5.41) is 3.01. The van der Waals surface area contributed by atoms with E-state index in [0.717, 1.165) is 5.69 Å². The van der Waals surface area contributed by atoms with Crippen LogP contribution >= 0.6 is 0 Å². The largest absolute Gasteiger partial charge is 0.322 e. The van der Waals surface area contributed by atoms with Crippen LogP contribution in [-0.2, 0) is 0 Å². The summed E-state index contributed by atoms with van der Waals surface area (Å²) >= 11 is 0. The molecular formula is C19H23NO. The molecule has 0 radical (unpaired) electrons. The van der Waals surface area contributed by atoms with Crippen molar-refractivity contribution in [3.8, 4) is 0 Å². The van der Waals surface area contributed by atoms with Crippen molar-refractivity contribution in [1.29, 1.82) is 0 Å². The molecule has 0 spiro atoms. The molecule has 0 aliphatic rings. The van der Waals surface area contributed by atoms with E-state index in [1.165, 1.54) is 11.1 Å². The van der Waals surface area contributed by atoms with Crippen molar-refractivity contribution in [2.24, 2.45) is 0 Å². The molecule has 110 valence electrons. The van der Waals surface area contributed by atoms with Crippen molar-refractivity contribution >= 4 is 11.6 Å². The molecule has 0 unspecified atom stereocenters. The van der Waals surface area contributed by atoms with Crippen LogP contribution in [-0.4, -0.2) is 5.91 Å². The highest BCUT2D eigenvalue weighted by molar-refractivity contribution is 6.04. The average molecular weight is 281 g/mol. The molecule has 21 heavy (non-hydrogen) atoms. The molecule has 1 N–H and O–H groups in total. The highest BCUT2D eigenvalue weighted by atomic mass is 16.1. The summed E-state index contributed by atoms with van der Waals surface area (Å²) in [5.41, 5.74) is 4.06. The molecule has 0 aliphatic heterocycles. The minimum atomic E-state index is -0.0637. The molecule has 0 saturated heterocycles. The van der Waals surface area contributed by atoms with Gasteiger partial charge < -0.3 is 5.32 Å². The Hall–Kier alpha value is -2.09. The van der Waals surface area contributed by atoms with Crippen molar-refractivity contribution in [3.05, 3.63) is 65.2 Å². The summed E-state index contributed by atoms with van der Waals surface area (Å²) in [5.74, 6) is 0.818. The third-order valence-electron chi connectivity index (χ3n) is 3.60. The summed E-state index contributed by atoms with van der Waals surface area (Å²) in [4.78, 5) is 12.3. The maximum absolute atomic E-state index is 12.3. The smallest absolute Gasteiger partial charge is 0.255 e. The highest BCUT2D eigenvalue weighted by Crippen LogP contribution is 2.26. The molecular weight excluding hydrogens is 258 g/mol. The molecule has 2 rings (SSSR count). The van der Waals surface area contributed by atoms with Crippen molar-refractivity contribution < 1.29 is 4.79 Å². The molecule has 0 heterocycles. The van der Waals surface area contributed by atoms with Gasteiger partial charge in [-0.3, -0.25) is 4.79 Å². The molecule has 2 nitrogen and oxygen atoms in total. The summed E-state index contributed by atoms with van der Waals surface area (Å²) in [6, 6.07) is 15.7. The number of hydrogen-bond donors (Lipinski definition) is 1. The number of rotatable bonds is 4. The summed E-state index contributed by atoms with van der Waals surface area (Å²) < 4.78 is 0. The molecule has 0 bridgehead atoms. The van der Waals surface area contributed by atoms with E-state index in [2.05, 4.69) is 51.2 Å². The Morgan fingerprint density at radius 1 is 0.857 bits per heavy atom. The van der Waals surface area contributed by atoms with E-state index in [0.29, 0.717) is 17.4 Å². The fourth-order valence-corrected chi connectivity index (χ4v) is 2.21. The normalized spacial score (nSPS) is 11.0. The van der Waals surface area contributed by atoms with Gasteiger partial charge >= 0.3 is 0 Å². The number of benzene rings is 2. The number of anilines is 1. The van der Waals surface area contributed by atoms with E-state index in [1.54, 1.807) is 0 Å². The maximum Gasteiger partial charge on any atom is 0.255 e. The number of amides is 1. The van der Waals surface area contributed by atoms with Crippen LogP contribution < -0.4 is 5.32 Å². The van der Waals surface area contributed by atoms with Gasteiger partial charge in [0.2, 0.25) is 0 Å². The van der Waals surface area contributed by atoms with E-state index < -0.39 is 0 Å². The SMILES string of the molecule is CC(C)c1cc(NC(=O)c2ccccc2)cc(C(C)C)c1. The van der Waals surface area contributed by atoms with E-state index in [-0.39, 0.29) is 5.91 Å². The molecule has 0 aromatic heterocycles. The molecule has 0 fully saturated rings. The van der Waals surface area contributed by atoms with E-state index in [4.69, 9.17) is 0 Å². The molecule has 0 atom stereocenters. The first-order valence-corrected chi connectivity index (χ1v) is 7.48. The Labute approximate surface area is 127 Å². The van der Waals surface area contributed by atoms with E-state index in [1.807, 2.05) is 30.3 Å². The molecule has 2 heteroatoms. The Bertz CT molecular complexity index is 588. The Balaban J connectivity index is 2.29. The second-order valence-corrected chi connectivity index (χ2v) is 6.02. The predicted octanol–water partition coefficient (Wildman–Crippen LogP) is 5.19. The van der Waals surface area contributed by atoms with Crippen LogP contribution in [0.2, 0.25) is 0 Å². The van der Waals surface area contributed by atoms with Crippen LogP contribution in [0.4, 0.5) is 5.69 Å². The second kappa shape index (κ2) is 6.57. The number of hydrogen-bond acceptors (Lipinski definition) is 1. The first-order chi connectivity index (χ1) is 9.97. The average Bonchev–Trinajstić information content (AvgIpc) is 2.47. The summed E-state index contributed by atoms with van der Waals surface area (Å²) in [6.45, 7) is 8.68. The lowest BCUT2D eigenvalue weighted by atomic mass is 9.95. The van der Waals surface area contributed by atoms with Crippen LogP contribution in [0.25, 0.3) is 0 Å². The third kappa shape index (κ3) is 3.94. The predicted molar refractivity (Wildman–Crippen MR) is 89.0 cm³/mol. The van der Waals surface area contributed by atoms with Crippen molar-refractivity contribution in [1.82, 2.24) is 0 Å². The zero-order chi connectivity index (χ0) is 15.4. The lowest BCUT2D eigenvalue weighted by molar-refractivity contribution is 0.102. The van der Waals surface area contributed by atoms with Crippen molar-refractivity contribution in [2.45, 2.75) is 39.5 Å².